The van der Waals surface area contributed by atoms with Gasteiger partial charge >= 0.3 is 0 Å². The van der Waals surface area contributed by atoms with Gasteiger partial charge in [0.15, 0.2) is 0 Å². The Hall–Kier alpha value is -2.13. The monoisotopic (exact) mass is 429 g/mol. The average Bonchev–Trinajstić information content (AvgIpc) is 3.29. The van der Waals surface area contributed by atoms with E-state index in [1.165, 1.54) is 11.5 Å². The Balaban J connectivity index is 1.30. The third-order valence-electron chi connectivity index (χ3n) is 6.00. The lowest BCUT2D eigenvalue weighted by molar-refractivity contribution is -0.133. The van der Waals surface area contributed by atoms with Crippen molar-refractivity contribution in [2.75, 3.05) is 50.7 Å². The van der Waals surface area contributed by atoms with E-state index in [2.05, 4.69) is 44.3 Å². The van der Waals surface area contributed by atoms with Crippen molar-refractivity contribution in [1.29, 1.82) is 0 Å². The van der Waals surface area contributed by atoms with Gasteiger partial charge < -0.3 is 9.80 Å². The predicted octanol–water partition coefficient (Wildman–Crippen LogP) is 2.29. The van der Waals surface area contributed by atoms with Crippen molar-refractivity contribution in [3.63, 3.8) is 0 Å². The molecule has 4 rings (SSSR count). The van der Waals surface area contributed by atoms with E-state index in [0.29, 0.717) is 18.4 Å². The maximum absolute atomic E-state index is 12.9. The lowest BCUT2D eigenvalue weighted by Crippen LogP contribution is -2.51. The highest BCUT2D eigenvalue weighted by molar-refractivity contribution is 7.03. The fraction of sp³-hybridized carbons (Fsp3) is 0.667. The Labute approximate surface area is 182 Å². The van der Waals surface area contributed by atoms with Gasteiger partial charge in [0, 0.05) is 68.2 Å². The molecule has 2 saturated heterocycles. The van der Waals surface area contributed by atoms with E-state index in [1.54, 1.807) is 0 Å². The van der Waals surface area contributed by atoms with Crippen LogP contribution in [0.1, 0.15) is 55.7 Å². The van der Waals surface area contributed by atoms with Gasteiger partial charge in [0.05, 0.1) is 12.2 Å². The van der Waals surface area contributed by atoms with Crippen molar-refractivity contribution in [1.82, 2.24) is 29.4 Å². The van der Waals surface area contributed by atoms with Crippen LogP contribution in [0.3, 0.4) is 0 Å². The number of rotatable bonds is 5. The maximum Gasteiger partial charge on any atom is 0.236 e. The molecular weight excluding hydrogens is 398 g/mol. The summed E-state index contributed by atoms with van der Waals surface area (Å²) < 4.78 is 3.98. The molecule has 30 heavy (non-hydrogen) atoms. The fourth-order valence-electron chi connectivity index (χ4n) is 4.22. The Morgan fingerprint density at radius 2 is 2.00 bits per heavy atom. The van der Waals surface area contributed by atoms with Gasteiger partial charge in [0.1, 0.15) is 11.6 Å². The first-order chi connectivity index (χ1) is 14.5. The van der Waals surface area contributed by atoms with Crippen LogP contribution in [0.25, 0.3) is 0 Å². The van der Waals surface area contributed by atoms with Crippen LogP contribution < -0.4 is 4.90 Å². The number of carbonyl (C=O) groups excluding carboxylic acids is 1. The van der Waals surface area contributed by atoms with E-state index in [0.717, 1.165) is 75.1 Å². The molecule has 0 N–H and O–H groups in total. The van der Waals surface area contributed by atoms with E-state index < -0.39 is 0 Å². The van der Waals surface area contributed by atoms with Crippen molar-refractivity contribution in [3.8, 4) is 0 Å². The lowest BCUT2D eigenvalue weighted by Gasteiger charge is -2.37. The highest BCUT2D eigenvalue weighted by atomic mass is 32.1. The number of piperidine rings is 1. The largest absolute Gasteiger partial charge is 0.354 e. The minimum absolute atomic E-state index is 0.233. The number of piperazine rings is 1. The summed E-state index contributed by atoms with van der Waals surface area (Å²) in [4.78, 5) is 28.8. The summed E-state index contributed by atoms with van der Waals surface area (Å²) in [7, 11) is 0. The third-order valence-corrected chi connectivity index (χ3v) is 6.52. The second kappa shape index (κ2) is 9.34. The summed E-state index contributed by atoms with van der Waals surface area (Å²) in [6, 6.07) is 2.06. The number of aryl methyl sites for hydroxylation is 1. The summed E-state index contributed by atoms with van der Waals surface area (Å²) in [5, 5.41) is 6.23. The van der Waals surface area contributed by atoms with Gasteiger partial charge in [-0.05, 0) is 31.3 Å². The van der Waals surface area contributed by atoms with Gasteiger partial charge in [-0.25, -0.2) is 9.97 Å². The van der Waals surface area contributed by atoms with Crippen LogP contribution in [0.2, 0.25) is 0 Å². The standard InChI is InChI=1S/C21H31N7OS/c1-15(2)21-22-16(3)11-19(23-21)27-9-7-26(8-10-27)13-20(29)28-6-4-5-17(12-28)18-14-30-25-24-18/h11,14-15,17H,4-10,12-13H2,1-3H3. The van der Waals surface area contributed by atoms with Crippen LogP contribution in [-0.4, -0.2) is 81.1 Å². The highest BCUT2D eigenvalue weighted by Crippen LogP contribution is 2.26. The Morgan fingerprint density at radius 1 is 1.20 bits per heavy atom. The normalized spacial score (nSPS) is 20.7. The van der Waals surface area contributed by atoms with E-state index in [-0.39, 0.29) is 5.91 Å². The molecule has 0 bridgehead atoms. The Bertz CT molecular complexity index is 849. The van der Waals surface area contributed by atoms with Gasteiger partial charge in [0.2, 0.25) is 5.91 Å². The van der Waals surface area contributed by atoms with E-state index in [4.69, 9.17) is 4.98 Å². The van der Waals surface area contributed by atoms with Crippen LogP contribution in [0.15, 0.2) is 11.4 Å². The summed E-state index contributed by atoms with van der Waals surface area (Å²) in [6.07, 6.45) is 2.12. The number of hydrogen-bond donors (Lipinski definition) is 0. The zero-order valence-corrected chi connectivity index (χ0v) is 18.9. The first-order valence-electron chi connectivity index (χ1n) is 10.9. The third kappa shape index (κ3) is 4.95. The molecule has 0 saturated carbocycles. The molecule has 0 spiro atoms. The van der Waals surface area contributed by atoms with Crippen LogP contribution in [-0.2, 0) is 4.79 Å². The zero-order valence-electron chi connectivity index (χ0n) is 18.1. The SMILES string of the molecule is Cc1cc(N2CCN(CC(=O)N3CCCC(c4csnn4)C3)CC2)nc(C(C)C)n1. The molecule has 2 fully saturated rings. The molecule has 1 atom stereocenters. The Kier molecular flexibility index (Phi) is 6.58. The van der Waals surface area contributed by atoms with Gasteiger partial charge in [-0.2, -0.15) is 0 Å². The minimum Gasteiger partial charge on any atom is -0.354 e. The molecular formula is C21H31N7OS. The molecule has 0 aliphatic carbocycles. The quantitative estimate of drug-likeness (QED) is 0.721. The number of hydrogen-bond acceptors (Lipinski definition) is 8. The molecule has 9 heteroatoms. The zero-order chi connectivity index (χ0) is 21.1. The number of anilines is 1. The average molecular weight is 430 g/mol. The number of nitrogens with zero attached hydrogens (tertiary/aromatic N) is 7. The van der Waals surface area contributed by atoms with E-state index in [1.807, 2.05) is 17.2 Å². The number of aromatic nitrogens is 4. The van der Waals surface area contributed by atoms with E-state index in [9.17, 15) is 4.79 Å². The minimum atomic E-state index is 0.233. The molecule has 1 unspecified atom stereocenters. The predicted molar refractivity (Wildman–Crippen MR) is 118 cm³/mol. The first-order valence-corrected chi connectivity index (χ1v) is 11.7. The maximum atomic E-state index is 12.9. The van der Waals surface area contributed by atoms with E-state index >= 15 is 0 Å². The molecule has 8 nitrogen and oxygen atoms in total. The number of amides is 1. The smallest absolute Gasteiger partial charge is 0.236 e. The molecule has 4 heterocycles. The van der Waals surface area contributed by atoms with Crippen LogP contribution in [0.5, 0.6) is 0 Å². The second-order valence-corrected chi connectivity index (χ2v) is 9.26. The van der Waals surface area contributed by atoms with Crippen LogP contribution in [0, 0.1) is 6.92 Å². The van der Waals surface area contributed by atoms with Gasteiger partial charge in [-0.3, -0.25) is 9.69 Å². The first kappa shape index (κ1) is 21.1. The molecule has 162 valence electrons. The molecule has 2 aliphatic heterocycles. The van der Waals surface area contributed by atoms with Crippen LogP contribution in [0.4, 0.5) is 5.82 Å². The van der Waals surface area contributed by atoms with Crippen molar-refractivity contribution >= 4 is 23.3 Å². The number of carbonyl (C=O) groups is 1. The summed E-state index contributed by atoms with van der Waals surface area (Å²) >= 11 is 1.39. The van der Waals surface area contributed by atoms with Gasteiger partial charge in [-0.1, -0.05) is 18.3 Å². The second-order valence-electron chi connectivity index (χ2n) is 8.65. The van der Waals surface area contributed by atoms with Crippen molar-refractivity contribution in [2.24, 2.45) is 0 Å². The van der Waals surface area contributed by atoms with Gasteiger partial charge in [-0.15, -0.1) is 5.10 Å². The van der Waals surface area contributed by atoms with Gasteiger partial charge in [0.25, 0.3) is 0 Å². The fourth-order valence-corrected chi connectivity index (χ4v) is 4.75. The number of likely N-dealkylation sites (tertiary alicyclic amines) is 1. The molecule has 2 aromatic rings. The summed E-state index contributed by atoms with van der Waals surface area (Å²) in [6.45, 7) is 11.9. The van der Waals surface area contributed by atoms with Crippen molar-refractivity contribution in [3.05, 3.63) is 28.7 Å². The summed E-state index contributed by atoms with van der Waals surface area (Å²) in [5.74, 6) is 2.78. The lowest BCUT2D eigenvalue weighted by atomic mass is 9.95. The topological polar surface area (TPSA) is 78.4 Å². The molecule has 1 amide bonds. The molecule has 2 aliphatic rings. The molecule has 0 aromatic carbocycles. The molecule has 2 aromatic heterocycles. The molecule has 0 radical (unpaired) electrons. The van der Waals surface area contributed by atoms with Crippen molar-refractivity contribution < 1.29 is 4.79 Å². The Morgan fingerprint density at radius 3 is 2.70 bits per heavy atom. The summed E-state index contributed by atoms with van der Waals surface area (Å²) in [5.41, 5.74) is 2.04. The highest BCUT2D eigenvalue weighted by Gasteiger charge is 2.28. The van der Waals surface area contributed by atoms with Crippen LogP contribution >= 0.6 is 11.5 Å². The van der Waals surface area contributed by atoms with Crippen molar-refractivity contribution in [2.45, 2.75) is 45.4 Å².